The standard InChI is InChI=1S/C32H34ClNO4S2/c1-5-36-28-18-24(19-29-31(35)34(32(39)40-29)20-23-10-7-6-8-11-23)17-26(33)30(28)38-15-9-14-37-27-16-22(4)12-13-25(27)21(2)3/h6-8,10-13,16-19,21H,5,9,14-15,20H2,1-4H3. The van der Waals surface area contributed by atoms with E-state index in [9.17, 15) is 4.79 Å². The minimum absolute atomic E-state index is 0.123. The Kier molecular flexibility index (Phi) is 10.5. The lowest BCUT2D eigenvalue weighted by atomic mass is 10.0. The highest BCUT2D eigenvalue weighted by molar-refractivity contribution is 8.26. The van der Waals surface area contributed by atoms with Crippen molar-refractivity contribution in [1.29, 1.82) is 0 Å². The molecule has 5 nitrogen and oxygen atoms in total. The smallest absolute Gasteiger partial charge is 0.266 e. The predicted octanol–water partition coefficient (Wildman–Crippen LogP) is 8.42. The van der Waals surface area contributed by atoms with Crippen molar-refractivity contribution >= 4 is 51.9 Å². The third-order valence-electron chi connectivity index (χ3n) is 6.27. The maximum absolute atomic E-state index is 13.1. The van der Waals surface area contributed by atoms with Gasteiger partial charge in [0.15, 0.2) is 11.5 Å². The molecule has 1 aliphatic rings. The second-order valence-electron chi connectivity index (χ2n) is 9.76. The number of amides is 1. The Morgan fingerprint density at radius 2 is 1.75 bits per heavy atom. The van der Waals surface area contributed by atoms with Gasteiger partial charge in [-0.15, -0.1) is 0 Å². The average molecular weight is 596 g/mol. The Morgan fingerprint density at radius 3 is 2.48 bits per heavy atom. The zero-order valence-corrected chi connectivity index (χ0v) is 25.6. The van der Waals surface area contributed by atoms with Gasteiger partial charge in [-0.05, 0) is 66.3 Å². The molecule has 210 valence electrons. The van der Waals surface area contributed by atoms with Crippen LogP contribution in [0, 0.1) is 6.92 Å². The van der Waals surface area contributed by atoms with Gasteiger partial charge < -0.3 is 14.2 Å². The number of aryl methyl sites for hydroxylation is 1. The van der Waals surface area contributed by atoms with Gasteiger partial charge in [0.2, 0.25) is 0 Å². The molecule has 0 saturated carbocycles. The first-order valence-electron chi connectivity index (χ1n) is 13.4. The van der Waals surface area contributed by atoms with E-state index in [1.807, 2.05) is 43.3 Å². The highest BCUT2D eigenvalue weighted by Crippen LogP contribution is 2.39. The van der Waals surface area contributed by atoms with Crippen LogP contribution in [0.3, 0.4) is 0 Å². The molecule has 0 N–H and O–H groups in total. The lowest BCUT2D eigenvalue weighted by Crippen LogP contribution is -2.27. The van der Waals surface area contributed by atoms with Crippen molar-refractivity contribution in [3.63, 3.8) is 0 Å². The van der Waals surface area contributed by atoms with Crippen LogP contribution in [0.25, 0.3) is 6.08 Å². The van der Waals surface area contributed by atoms with E-state index < -0.39 is 0 Å². The quantitative estimate of drug-likeness (QED) is 0.119. The molecule has 0 unspecified atom stereocenters. The van der Waals surface area contributed by atoms with E-state index in [0.717, 1.165) is 16.9 Å². The van der Waals surface area contributed by atoms with Gasteiger partial charge in [0.25, 0.3) is 5.91 Å². The normalized spacial score (nSPS) is 14.3. The molecule has 0 atom stereocenters. The Labute approximate surface area is 251 Å². The van der Waals surface area contributed by atoms with Crippen molar-refractivity contribution in [2.24, 2.45) is 0 Å². The van der Waals surface area contributed by atoms with E-state index in [2.05, 4.69) is 39.0 Å². The third kappa shape index (κ3) is 7.59. The molecule has 1 fully saturated rings. The summed E-state index contributed by atoms with van der Waals surface area (Å²) in [5.41, 5.74) is 4.13. The molecule has 0 radical (unpaired) electrons. The van der Waals surface area contributed by atoms with E-state index in [4.69, 9.17) is 38.0 Å². The van der Waals surface area contributed by atoms with Crippen LogP contribution in [0.1, 0.15) is 55.4 Å². The van der Waals surface area contributed by atoms with Gasteiger partial charge in [0, 0.05) is 6.42 Å². The molecule has 0 spiro atoms. The second-order valence-corrected chi connectivity index (χ2v) is 11.8. The fourth-order valence-corrected chi connectivity index (χ4v) is 5.82. The maximum Gasteiger partial charge on any atom is 0.266 e. The summed E-state index contributed by atoms with van der Waals surface area (Å²) >= 11 is 13.4. The Balaban J connectivity index is 1.41. The van der Waals surface area contributed by atoms with Crippen molar-refractivity contribution < 1.29 is 19.0 Å². The van der Waals surface area contributed by atoms with Crippen LogP contribution in [0.15, 0.2) is 65.6 Å². The topological polar surface area (TPSA) is 48.0 Å². The number of carbonyl (C=O) groups excluding carboxylic acids is 1. The lowest BCUT2D eigenvalue weighted by Gasteiger charge is -2.16. The Bertz CT molecular complexity index is 1390. The molecular formula is C32H34ClNO4S2. The van der Waals surface area contributed by atoms with Gasteiger partial charge in [0.05, 0.1) is 36.3 Å². The van der Waals surface area contributed by atoms with E-state index >= 15 is 0 Å². The summed E-state index contributed by atoms with van der Waals surface area (Å²) < 4.78 is 18.5. The predicted molar refractivity (Wildman–Crippen MR) is 169 cm³/mol. The largest absolute Gasteiger partial charge is 0.493 e. The highest BCUT2D eigenvalue weighted by atomic mass is 35.5. The fraction of sp³-hybridized carbons (Fsp3) is 0.312. The number of hydrogen-bond donors (Lipinski definition) is 0. The molecular weight excluding hydrogens is 562 g/mol. The van der Waals surface area contributed by atoms with E-state index in [1.54, 1.807) is 17.0 Å². The molecule has 3 aromatic carbocycles. The molecule has 1 heterocycles. The van der Waals surface area contributed by atoms with Gasteiger partial charge in [0.1, 0.15) is 10.1 Å². The molecule has 0 bridgehead atoms. The second kappa shape index (κ2) is 14.1. The van der Waals surface area contributed by atoms with Crippen LogP contribution in [-0.2, 0) is 11.3 Å². The summed E-state index contributed by atoms with van der Waals surface area (Å²) in [4.78, 5) is 15.3. The van der Waals surface area contributed by atoms with Gasteiger partial charge >= 0.3 is 0 Å². The number of ether oxygens (including phenoxy) is 3. The van der Waals surface area contributed by atoms with Crippen molar-refractivity contribution in [1.82, 2.24) is 4.90 Å². The average Bonchev–Trinajstić information content (AvgIpc) is 3.17. The van der Waals surface area contributed by atoms with Gasteiger partial charge in [-0.2, -0.15) is 0 Å². The number of hydrogen-bond acceptors (Lipinski definition) is 6. The molecule has 8 heteroatoms. The van der Waals surface area contributed by atoms with E-state index in [-0.39, 0.29) is 5.91 Å². The number of halogens is 1. The van der Waals surface area contributed by atoms with Crippen LogP contribution < -0.4 is 14.2 Å². The van der Waals surface area contributed by atoms with Gasteiger partial charge in [-0.3, -0.25) is 9.69 Å². The molecule has 0 aliphatic carbocycles. The maximum atomic E-state index is 13.1. The third-order valence-corrected chi connectivity index (χ3v) is 7.93. The number of rotatable bonds is 12. The van der Waals surface area contributed by atoms with E-state index in [0.29, 0.717) is 64.5 Å². The number of nitrogens with zero attached hydrogens (tertiary/aromatic N) is 1. The molecule has 40 heavy (non-hydrogen) atoms. The summed E-state index contributed by atoms with van der Waals surface area (Å²) in [5.74, 6) is 2.19. The van der Waals surface area contributed by atoms with Crippen LogP contribution in [-0.4, -0.2) is 34.9 Å². The molecule has 4 rings (SSSR count). The first-order chi connectivity index (χ1) is 19.3. The van der Waals surface area contributed by atoms with Crippen molar-refractivity contribution in [2.45, 2.75) is 46.6 Å². The number of benzene rings is 3. The minimum Gasteiger partial charge on any atom is -0.493 e. The number of thioether (sulfide) groups is 1. The number of carbonyl (C=O) groups is 1. The molecule has 1 aliphatic heterocycles. The summed E-state index contributed by atoms with van der Waals surface area (Å²) in [5, 5.41) is 0.415. The molecule has 1 amide bonds. The first-order valence-corrected chi connectivity index (χ1v) is 15.0. The fourth-order valence-electron chi connectivity index (χ4n) is 4.29. The lowest BCUT2D eigenvalue weighted by molar-refractivity contribution is -0.122. The van der Waals surface area contributed by atoms with Crippen molar-refractivity contribution in [3.8, 4) is 17.2 Å². The highest BCUT2D eigenvalue weighted by Gasteiger charge is 2.32. The Morgan fingerprint density at radius 1 is 1.00 bits per heavy atom. The Hall–Kier alpha value is -3.00. The molecule has 3 aromatic rings. The van der Waals surface area contributed by atoms with Crippen molar-refractivity contribution in [2.75, 3.05) is 19.8 Å². The first kappa shape index (κ1) is 30.0. The summed E-state index contributed by atoms with van der Waals surface area (Å²) in [7, 11) is 0. The van der Waals surface area contributed by atoms with E-state index in [1.165, 1.54) is 22.9 Å². The van der Waals surface area contributed by atoms with Crippen LogP contribution in [0.4, 0.5) is 0 Å². The summed E-state index contributed by atoms with van der Waals surface area (Å²) in [6.45, 7) is 10.1. The zero-order valence-electron chi connectivity index (χ0n) is 23.2. The molecule has 1 saturated heterocycles. The zero-order chi connectivity index (χ0) is 28.6. The SMILES string of the molecule is CCOc1cc(C=C2SC(=S)N(Cc3ccccc3)C2=O)cc(Cl)c1OCCCOc1cc(C)ccc1C(C)C. The number of thiocarbonyl (C=S) groups is 1. The van der Waals surface area contributed by atoms with Gasteiger partial charge in [-0.1, -0.05) is 91.9 Å². The molecule has 0 aromatic heterocycles. The monoisotopic (exact) mass is 595 g/mol. The van der Waals surface area contributed by atoms with Crippen LogP contribution >= 0.6 is 35.6 Å². The van der Waals surface area contributed by atoms with Gasteiger partial charge in [-0.25, -0.2) is 0 Å². The van der Waals surface area contributed by atoms with Crippen LogP contribution in [0.2, 0.25) is 5.02 Å². The summed E-state index contributed by atoms with van der Waals surface area (Å²) in [6, 6.07) is 19.7. The van der Waals surface area contributed by atoms with Crippen molar-refractivity contribution in [3.05, 3.63) is 92.8 Å². The van der Waals surface area contributed by atoms with Crippen LogP contribution in [0.5, 0.6) is 17.2 Å². The summed E-state index contributed by atoms with van der Waals surface area (Å²) in [6.07, 6.45) is 2.48. The minimum atomic E-state index is -0.123.